The third kappa shape index (κ3) is 2.54. The fourth-order valence-corrected chi connectivity index (χ4v) is 4.59. The number of amides is 1. The van der Waals surface area contributed by atoms with Crippen molar-refractivity contribution >= 4 is 17.3 Å². The van der Waals surface area contributed by atoms with Gasteiger partial charge in [-0.15, -0.1) is 0 Å². The summed E-state index contributed by atoms with van der Waals surface area (Å²) in [6.07, 6.45) is 4.05. The molecule has 2 atom stereocenters. The second-order valence-corrected chi connectivity index (χ2v) is 8.20. The van der Waals surface area contributed by atoms with E-state index in [1.54, 1.807) is 17.3 Å². The van der Waals surface area contributed by atoms with Gasteiger partial charge in [-0.3, -0.25) is 19.7 Å². The lowest BCUT2D eigenvalue weighted by Gasteiger charge is -2.34. The largest absolute Gasteiger partial charge is 0.279 e. The lowest BCUT2D eigenvalue weighted by Crippen LogP contribution is -2.42. The molecule has 0 bridgehead atoms. The maximum atomic E-state index is 14.1. The number of nitrogens with zero attached hydrogens (tertiary/aromatic N) is 5. The molecule has 2 aliphatic rings. The topological polar surface area (TPSA) is 70.8 Å². The molecule has 154 valence electrons. The van der Waals surface area contributed by atoms with E-state index in [2.05, 4.69) is 15.1 Å². The van der Waals surface area contributed by atoms with E-state index in [0.717, 1.165) is 16.9 Å². The molecule has 5 rings (SSSR count). The van der Waals surface area contributed by atoms with E-state index in [0.29, 0.717) is 23.5 Å². The summed E-state index contributed by atoms with van der Waals surface area (Å²) < 4.78 is 0. The Morgan fingerprint density at radius 1 is 0.935 bits per heavy atom. The molecule has 1 amide bonds. The SMILES string of the molecule is CCC1(C)C(=O)N(c2ccc(C)cc2)C2=C(c3ccccn3)N=NC21c1ccccn1. The van der Waals surface area contributed by atoms with Gasteiger partial charge in [-0.05, 0) is 56.7 Å². The summed E-state index contributed by atoms with van der Waals surface area (Å²) in [4.78, 5) is 25.0. The van der Waals surface area contributed by atoms with E-state index in [9.17, 15) is 4.79 Å². The van der Waals surface area contributed by atoms with E-state index in [4.69, 9.17) is 5.11 Å². The number of hydrogen-bond acceptors (Lipinski definition) is 5. The first kappa shape index (κ1) is 19.3. The molecule has 0 spiro atoms. The zero-order valence-electron chi connectivity index (χ0n) is 17.8. The van der Waals surface area contributed by atoms with Crippen LogP contribution in [-0.4, -0.2) is 15.9 Å². The van der Waals surface area contributed by atoms with Crippen molar-refractivity contribution in [2.75, 3.05) is 4.90 Å². The first-order chi connectivity index (χ1) is 15.0. The third-order valence-electron chi connectivity index (χ3n) is 6.51. The number of fused-ring (bicyclic) bond motifs is 1. The Balaban J connectivity index is 1.86. The van der Waals surface area contributed by atoms with E-state index in [1.807, 2.05) is 81.4 Å². The molecule has 0 aliphatic carbocycles. The van der Waals surface area contributed by atoms with Crippen LogP contribution in [0, 0.1) is 12.3 Å². The van der Waals surface area contributed by atoms with Crippen LogP contribution in [-0.2, 0) is 10.3 Å². The molecule has 2 aliphatic heterocycles. The first-order valence-electron chi connectivity index (χ1n) is 10.4. The normalized spacial score (nSPS) is 24.7. The summed E-state index contributed by atoms with van der Waals surface area (Å²) >= 11 is 0. The number of benzene rings is 1. The van der Waals surface area contributed by atoms with Crippen LogP contribution < -0.4 is 4.90 Å². The Bertz CT molecular complexity index is 1200. The Hall–Kier alpha value is -3.67. The molecule has 1 fully saturated rings. The van der Waals surface area contributed by atoms with Crippen molar-refractivity contribution in [2.45, 2.75) is 32.7 Å². The number of azo groups is 1. The van der Waals surface area contributed by atoms with Crippen LogP contribution in [0.3, 0.4) is 0 Å². The summed E-state index contributed by atoms with van der Waals surface area (Å²) in [6.45, 7) is 6.02. The maximum Gasteiger partial charge on any atom is 0.240 e. The number of carbonyl (C=O) groups excluding carboxylic acids is 1. The molecule has 1 aromatic carbocycles. The molecular weight excluding hydrogens is 386 g/mol. The van der Waals surface area contributed by atoms with E-state index < -0.39 is 11.0 Å². The van der Waals surface area contributed by atoms with Crippen molar-refractivity contribution in [3.05, 3.63) is 95.7 Å². The Labute approximate surface area is 181 Å². The molecule has 6 heteroatoms. The van der Waals surface area contributed by atoms with Gasteiger partial charge in [0.2, 0.25) is 5.91 Å². The molecule has 0 saturated carbocycles. The highest BCUT2D eigenvalue weighted by Crippen LogP contribution is 2.62. The van der Waals surface area contributed by atoms with Gasteiger partial charge in [0.15, 0.2) is 5.54 Å². The average Bonchev–Trinajstić information content (AvgIpc) is 3.30. The Morgan fingerprint density at radius 3 is 2.26 bits per heavy atom. The molecule has 6 nitrogen and oxygen atoms in total. The summed E-state index contributed by atoms with van der Waals surface area (Å²) in [6, 6.07) is 19.4. The Kier molecular flexibility index (Phi) is 4.32. The summed E-state index contributed by atoms with van der Waals surface area (Å²) in [5.41, 5.74) is 2.80. The number of carbonyl (C=O) groups is 1. The maximum absolute atomic E-state index is 14.1. The van der Waals surface area contributed by atoms with Crippen molar-refractivity contribution in [1.29, 1.82) is 0 Å². The lowest BCUT2D eigenvalue weighted by atomic mass is 9.68. The van der Waals surface area contributed by atoms with Crippen molar-refractivity contribution in [2.24, 2.45) is 15.6 Å². The molecule has 4 heterocycles. The summed E-state index contributed by atoms with van der Waals surface area (Å²) in [7, 11) is 0. The van der Waals surface area contributed by atoms with Crippen LogP contribution in [0.5, 0.6) is 0 Å². The molecule has 31 heavy (non-hydrogen) atoms. The smallest absolute Gasteiger partial charge is 0.240 e. The minimum absolute atomic E-state index is 0.00779. The highest BCUT2D eigenvalue weighted by Gasteiger charge is 2.69. The number of pyridine rings is 2. The minimum atomic E-state index is -1.02. The zero-order valence-corrected chi connectivity index (χ0v) is 17.8. The minimum Gasteiger partial charge on any atom is -0.279 e. The van der Waals surface area contributed by atoms with Crippen molar-refractivity contribution in [3.8, 4) is 0 Å². The van der Waals surface area contributed by atoms with Gasteiger partial charge in [-0.25, -0.2) is 0 Å². The van der Waals surface area contributed by atoms with Crippen LogP contribution in [0.1, 0.15) is 37.2 Å². The van der Waals surface area contributed by atoms with Gasteiger partial charge in [0.1, 0.15) is 5.70 Å². The van der Waals surface area contributed by atoms with Crippen LogP contribution in [0.15, 0.2) is 89.0 Å². The standard InChI is InChI=1S/C25H23N5O/c1-4-24(3)23(31)30(18-13-11-17(2)12-14-18)22-21(19-9-5-7-15-26-19)28-29-25(22,24)20-10-6-8-16-27-20/h5-16H,4H2,1-3H3. The van der Waals surface area contributed by atoms with Crippen molar-refractivity contribution < 1.29 is 4.79 Å². The second-order valence-electron chi connectivity index (χ2n) is 8.20. The van der Waals surface area contributed by atoms with Crippen LogP contribution in [0.25, 0.3) is 5.70 Å². The molecule has 2 aromatic heterocycles. The molecule has 2 unspecified atom stereocenters. The monoisotopic (exact) mass is 409 g/mol. The van der Waals surface area contributed by atoms with Gasteiger partial charge in [0, 0.05) is 18.1 Å². The summed E-state index contributed by atoms with van der Waals surface area (Å²) in [5, 5.41) is 9.43. The molecule has 0 N–H and O–H groups in total. The van der Waals surface area contributed by atoms with Gasteiger partial charge in [-0.2, -0.15) is 10.2 Å². The highest BCUT2D eigenvalue weighted by molar-refractivity contribution is 6.09. The van der Waals surface area contributed by atoms with E-state index in [1.165, 1.54) is 0 Å². The highest BCUT2D eigenvalue weighted by atomic mass is 16.2. The fraction of sp³-hybridized carbons (Fsp3) is 0.240. The summed E-state index contributed by atoms with van der Waals surface area (Å²) in [5.74, 6) is -0.00779. The lowest BCUT2D eigenvalue weighted by molar-refractivity contribution is -0.127. The van der Waals surface area contributed by atoms with Gasteiger partial charge >= 0.3 is 0 Å². The number of aryl methyl sites for hydroxylation is 1. The average molecular weight is 409 g/mol. The van der Waals surface area contributed by atoms with Crippen LogP contribution >= 0.6 is 0 Å². The quantitative estimate of drug-likeness (QED) is 0.589. The molecule has 3 aromatic rings. The molecular formula is C25H23N5O. The van der Waals surface area contributed by atoms with Crippen LogP contribution in [0.2, 0.25) is 0 Å². The molecule has 1 saturated heterocycles. The number of rotatable bonds is 4. The fourth-order valence-electron chi connectivity index (χ4n) is 4.59. The third-order valence-corrected chi connectivity index (χ3v) is 6.51. The predicted octanol–water partition coefficient (Wildman–Crippen LogP) is 5.28. The number of anilines is 1. The number of aromatic nitrogens is 2. The predicted molar refractivity (Wildman–Crippen MR) is 119 cm³/mol. The van der Waals surface area contributed by atoms with E-state index >= 15 is 0 Å². The van der Waals surface area contributed by atoms with Gasteiger partial charge in [0.25, 0.3) is 0 Å². The van der Waals surface area contributed by atoms with Crippen molar-refractivity contribution in [1.82, 2.24) is 9.97 Å². The van der Waals surface area contributed by atoms with Gasteiger partial charge < -0.3 is 0 Å². The number of hydrogen-bond donors (Lipinski definition) is 0. The molecule has 0 radical (unpaired) electrons. The van der Waals surface area contributed by atoms with Gasteiger partial charge in [0.05, 0.1) is 22.5 Å². The van der Waals surface area contributed by atoms with Crippen molar-refractivity contribution in [3.63, 3.8) is 0 Å². The van der Waals surface area contributed by atoms with Crippen LogP contribution in [0.4, 0.5) is 5.69 Å². The first-order valence-corrected chi connectivity index (χ1v) is 10.4. The Morgan fingerprint density at radius 2 is 1.65 bits per heavy atom. The zero-order chi connectivity index (χ0) is 21.6. The van der Waals surface area contributed by atoms with Gasteiger partial charge in [-0.1, -0.05) is 36.8 Å². The second kappa shape index (κ2) is 6.94. The van der Waals surface area contributed by atoms with E-state index in [-0.39, 0.29) is 5.91 Å².